The summed E-state index contributed by atoms with van der Waals surface area (Å²) in [6, 6.07) is 4.35. The van der Waals surface area contributed by atoms with Crippen LogP contribution in [0.15, 0.2) is 22.8 Å². The Kier molecular flexibility index (Phi) is 4.56. The van der Waals surface area contributed by atoms with Gasteiger partial charge < -0.3 is 14.8 Å². The first-order chi connectivity index (χ1) is 7.39. The van der Waals surface area contributed by atoms with Gasteiger partial charge in [-0.25, -0.2) is 0 Å². The SMILES string of the molecule is CC(CCc1ccco1)NC(C)C(C)(C)O. The Hall–Kier alpha value is -0.800. The average Bonchev–Trinajstić information content (AvgIpc) is 2.65. The van der Waals surface area contributed by atoms with Gasteiger partial charge in [0.2, 0.25) is 0 Å². The summed E-state index contributed by atoms with van der Waals surface area (Å²) in [6.45, 7) is 7.78. The predicted molar refractivity (Wildman–Crippen MR) is 65.4 cm³/mol. The summed E-state index contributed by atoms with van der Waals surface area (Å²) < 4.78 is 5.28. The highest BCUT2D eigenvalue weighted by molar-refractivity contribution is 4.98. The van der Waals surface area contributed by atoms with Gasteiger partial charge in [0, 0.05) is 18.5 Å². The molecule has 1 aromatic rings. The van der Waals surface area contributed by atoms with Crippen molar-refractivity contribution in [3.63, 3.8) is 0 Å². The molecule has 0 aromatic carbocycles. The molecule has 16 heavy (non-hydrogen) atoms. The van der Waals surface area contributed by atoms with Crippen LogP contribution in [-0.2, 0) is 6.42 Å². The van der Waals surface area contributed by atoms with E-state index in [2.05, 4.69) is 12.2 Å². The maximum absolute atomic E-state index is 9.81. The zero-order valence-electron chi connectivity index (χ0n) is 10.7. The third-order valence-corrected chi connectivity index (χ3v) is 3.00. The molecule has 3 nitrogen and oxygen atoms in total. The molecule has 1 rings (SSSR count). The van der Waals surface area contributed by atoms with E-state index in [-0.39, 0.29) is 6.04 Å². The van der Waals surface area contributed by atoms with Crippen molar-refractivity contribution in [1.29, 1.82) is 0 Å². The molecule has 0 spiro atoms. The fourth-order valence-electron chi connectivity index (χ4n) is 1.53. The Bertz CT molecular complexity index is 287. The smallest absolute Gasteiger partial charge is 0.103 e. The van der Waals surface area contributed by atoms with Crippen LogP contribution in [0.25, 0.3) is 0 Å². The van der Waals surface area contributed by atoms with E-state index in [1.54, 1.807) is 6.26 Å². The quantitative estimate of drug-likeness (QED) is 0.781. The van der Waals surface area contributed by atoms with Gasteiger partial charge in [-0.1, -0.05) is 0 Å². The molecule has 1 heterocycles. The Morgan fingerprint density at radius 1 is 1.44 bits per heavy atom. The third-order valence-electron chi connectivity index (χ3n) is 3.00. The highest BCUT2D eigenvalue weighted by Crippen LogP contribution is 2.11. The lowest BCUT2D eigenvalue weighted by molar-refractivity contribution is 0.0402. The average molecular weight is 225 g/mol. The fourth-order valence-corrected chi connectivity index (χ4v) is 1.53. The van der Waals surface area contributed by atoms with Gasteiger partial charge in [-0.05, 0) is 46.2 Å². The topological polar surface area (TPSA) is 45.4 Å². The molecule has 0 amide bonds. The van der Waals surface area contributed by atoms with E-state index >= 15 is 0 Å². The summed E-state index contributed by atoms with van der Waals surface area (Å²) >= 11 is 0. The van der Waals surface area contributed by atoms with Crippen molar-refractivity contribution in [2.75, 3.05) is 0 Å². The summed E-state index contributed by atoms with van der Waals surface area (Å²) in [5, 5.41) is 13.2. The number of nitrogens with one attached hydrogen (secondary N) is 1. The van der Waals surface area contributed by atoms with Gasteiger partial charge in [0.1, 0.15) is 5.76 Å². The van der Waals surface area contributed by atoms with Crippen LogP contribution in [0.4, 0.5) is 0 Å². The second-order valence-corrected chi connectivity index (χ2v) is 5.06. The Morgan fingerprint density at radius 2 is 2.12 bits per heavy atom. The first-order valence-electron chi connectivity index (χ1n) is 5.90. The lowest BCUT2D eigenvalue weighted by Gasteiger charge is -2.29. The lowest BCUT2D eigenvalue weighted by atomic mass is 9.99. The molecule has 1 aromatic heterocycles. The molecular formula is C13H23NO2. The van der Waals surface area contributed by atoms with Crippen molar-refractivity contribution < 1.29 is 9.52 Å². The van der Waals surface area contributed by atoms with E-state index in [1.165, 1.54) is 0 Å². The molecule has 2 N–H and O–H groups in total. The molecule has 0 aliphatic rings. The molecule has 2 unspecified atom stereocenters. The number of furan rings is 1. The van der Waals surface area contributed by atoms with E-state index in [1.807, 2.05) is 32.9 Å². The van der Waals surface area contributed by atoms with E-state index in [9.17, 15) is 5.11 Å². The predicted octanol–water partition coefficient (Wildman–Crippen LogP) is 2.35. The van der Waals surface area contributed by atoms with Crippen LogP contribution in [0.5, 0.6) is 0 Å². The van der Waals surface area contributed by atoms with Crippen molar-refractivity contribution in [2.45, 2.75) is 58.2 Å². The van der Waals surface area contributed by atoms with Crippen LogP contribution >= 0.6 is 0 Å². The minimum absolute atomic E-state index is 0.0825. The van der Waals surface area contributed by atoms with E-state index in [0.717, 1.165) is 18.6 Å². The van der Waals surface area contributed by atoms with Gasteiger partial charge in [-0.3, -0.25) is 0 Å². The molecular weight excluding hydrogens is 202 g/mol. The fraction of sp³-hybridized carbons (Fsp3) is 0.692. The molecule has 92 valence electrons. The van der Waals surface area contributed by atoms with Crippen LogP contribution in [0.1, 0.15) is 39.9 Å². The summed E-state index contributed by atoms with van der Waals surface area (Å²) in [7, 11) is 0. The Morgan fingerprint density at radius 3 is 2.62 bits per heavy atom. The monoisotopic (exact) mass is 225 g/mol. The number of hydrogen-bond donors (Lipinski definition) is 2. The van der Waals surface area contributed by atoms with Crippen LogP contribution in [0.2, 0.25) is 0 Å². The van der Waals surface area contributed by atoms with E-state index in [0.29, 0.717) is 6.04 Å². The zero-order chi connectivity index (χ0) is 12.2. The van der Waals surface area contributed by atoms with Gasteiger partial charge >= 0.3 is 0 Å². The maximum atomic E-state index is 9.81. The molecule has 0 radical (unpaired) electrons. The molecule has 0 saturated carbocycles. The summed E-state index contributed by atoms with van der Waals surface area (Å²) in [4.78, 5) is 0. The van der Waals surface area contributed by atoms with Gasteiger partial charge in [-0.15, -0.1) is 0 Å². The molecule has 0 aliphatic heterocycles. The van der Waals surface area contributed by atoms with E-state index < -0.39 is 5.60 Å². The van der Waals surface area contributed by atoms with Crippen molar-refractivity contribution in [3.05, 3.63) is 24.2 Å². The summed E-state index contributed by atoms with van der Waals surface area (Å²) in [5.74, 6) is 1.02. The second-order valence-electron chi connectivity index (χ2n) is 5.06. The van der Waals surface area contributed by atoms with Gasteiger partial charge in [0.25, 0.3) is 0 Å². The molecule has 3 heteroatoms. The van der Waals surface area contributed by atoms with Crippen molar-refractivity contribution in [3.8, 4) is 0 Å². The van der Waals surface area contributed by atoms with E-state index in [4.69, 9.17) is 4.42 Å². The largest absolute Gasteiger partial charge is 0.469 e. The standard InChI is InChI=1S/C13H23NO2/c1-10(14-11(2)13(3,4)15)7-8-12-6-5-9-16-12/h5-6,9-11,14-15H,7-8H2,1-4H3. The van der Waals surface area contributed by atoms with Gasteiger partial charge in [-0.2, -0.15) is 0 Å². The zero-order valence-corrected chi connectivity index (χ0v) is 10.7. The van der Waals surface area contributed by atoms with Crippen molar-refractivity contribution >= 4 is 0 Å². The van der Waals surface area contributed by atoms with Gasteiger partial charge in [0.05, 0.1) is 11.9 Å². The third kappa shape index (κ3) is 4.37. The molecule has 0 bridgehead atoms. The number of aryl methyl sites for hydroxylation is 1. The maximum Gasteiger partial charge on any atom is 0.103 e. The normalized spacial score (nSPS) is 16.1. The van der Waals surface area contributed by atoms with Crippen molar-refractivity contribution in [2.24, 2.45) is 0 Å². The molecule has 0 aliphatic carbocycles. The summed E-state index contributed by atoms with van der Waals surface area (Å²) in [6.07, 6.45) is 3.64. The number of aliphatic hydroxyl groups is 1. The molecule has 0 fully saturated rings. The van der Waals surface area contributed by atoms with Crippen LogP contribution in [0.3, 0.4) is 0 Å². The minimum atomic E-state index is -0.682. The van der Waals surface area contributed by atoms with Crippen LogP contribution in [0, 0.1) is 0 Å². The minimum Gasteiger partial charge on any atom is -0.469 e. The van der Waals surface area contributed by atoms with Crippen LogP contribution in [-0.4, -0.2) is 22.8 Å². The first kappa shape index (κ1) is 13.3. The van der Waals surface area contributed by atoms with Crippen molar-refractivity contribution in [1.82, 2.24) is 5.32 Å². The number of hydrogen-bond acceptors (Lipinski definition) is 3. The molecule has 0 saturated heterocycles. The Labute approximate surface area is 97.9 Å². The Balaban J connectivity index is 2.28. The molecule has 2 atom stereocenters. The first-order valence-corrected chi connectivity index (χ1v) is 5.90. The second kappa shape index (κ2) is 5.51. The summed E-state index contributed by atoms with van der Waals surface area (Å²) in [5.41, 5.74) is -0.682. The van der Waals surface area contributed by atoms with Gasteiger partial charge in [0.15, 0.2) is 0 Å². The highest BCUT2D eigenvalue weighted by Gasteiger charge is 2.23. The number of rotatable bonds is 6. The van der Waals surface area contributed by atoms with Crippen LogP contribution < -0.4 is 5.32 Å². The highest BCUT2D eigenvalue weighted by atomic mass is 16.3. The lowest BCUT2D eigenvalue weighted by Crippen LogP contribution is -2.48.